The second kappa shape index (κ2) is 8.60. The van der Waals surface area contributed by atoms with Crippen molar-refractivity contribution >= 4 is 10.0 Å². The largest absolute Gasteiger partial charge is 0.497 e. The monoisotopic (exact) mass is 445 g/mol. The maximum atomic E-state index is 13.4. The molecule has 3 heterocycles. The lowest BCUT2D eigenvalue weighted by Crippen LogP contribution is -2.39. The number of rotatable bonds is 6. The highest BCUT2D eigenvalue weighted by atomic mass is 32.2. The van der Waals surface area contributed by atoms with Crippen LogP contribution in [0, 0.1) is 6.92 Å². The van der Waals surface area contributed by atoms with Crippen LogP contribution in [0.3, 0.4) is 0 Å². The molecule has 1 saturated heterocycles. The first-order valence-corrected chi connectivity index (χ1v) is 11.2. The Morgan fingerprint density at radius 2 is 1.90 bits per heavy atom. The highest BCUT2D eigenvalue weighted by Gasteiger charge is 2.35. The number of methoxy groups -OCH3 is 2. The summed E-state index contributed by atoms with van der Waals surface area (Å²) < 4.78 is 44.5. The molecule has 1 fully saturated rings. The molecular weight excluding hydrogens is 422 g/mol. The molecule has 1 atom stereocenters. The van der Waals surface area contributed by atoms with E-state index in [1.165, 1.54) is 24.6 Å². The van der Waals surface area contributed by atoms with Gasteiger partial charge in [-0.25, -0.2) is 18.4 Å². The average molecular weight is 446 g/mol. The van der Waals surface area contributed by atoms with Gasteiger partial charge in [-0.05, 0) is 31.9 Å². The van der Waals surface area contributed by atoms with Crippen molar-refractivity contribution in [1.29, 1.82) is 0 Å². The van der Waals surface area contributed by atoms with Crippen molar-refractivity contribution in [1.82, 2.24) is 24.5 Å². The minimum atomic E-state index is -3.81. The van der Waals surface area contributed by atoms with Crippen LogP contribution in [0.4, 0.5) is 0 Å². The minimum absolute atomic E-state index is 0.0676. The van der Waals surface area contributed by atoms with Crippen molar-refractivity contribution in [3.05, 3.63) is 42.3 Å². The van der Waals surface area contributed by atoms with E-state index in [4.69, 9.17) is 13.9 Å². The maximum absolute atomic E-state index is 13.4. The van der Waals surface area contributed by atoms with E-state index in [9.17, 15) is 8.42 Å². The molecule has 31 heavy (non-hydrogen) atoms. The standard InChI is InChI=1S/C20H23N5O5S/c1-13-21-10-15(11-22-13)20-24-23-19(30-20)14-5-4-8-25(12-14)31(26,27)18-9-16(28-2)6-7-17(18)29-3/h6-7,9-11,14H,4-5,8,12H2,1-3H3/t14-/m0/s1. The molecule has 1 aliphatic heterocycles. The first kappa shape index (κ1) is 21.2. The van der Waals surface area contributed by atoms with Gasteiger partial charge >= 0.3 is 0 Å². The van der Waals surface area contributed by atoms with Crippen LogP contribution in [0.5, 0.6) is 11.5 Å². The van der Waals surface area contributed by atoms with Crippen molar-refractivity contribution in [3.8, 4) is 23.0 Å². The Labute approximate surface area is 180 Å². The molecule has 4 rings (SSSR count). The molecule has 0 saturated carbocycles. The summed E-state index contributed by atoms with van der Waals surface area (Å²) in [7, 11) is -0.883. The van der Waals surface area contributed by atoms with Crippen LogP contribution in [0.15, 0.2) is 39.9 Å². The molecule has 3 aromatic rings. The number of benzene rings is 1. The van der Waals surface area contributed by atoms with Crippen LogP contribution in [0.1, 0.15) is 30.5 Å². The first-order chi connectivity index (χ1) is 14.9. The van der Waals surface area contributed by atoms with E-state index >= 15 is 0 Å². The molecule has 10 nitrogen and oxygen atoms in total. The lowest BCUT2D eigenvalue weighted by Gasteiger charge is -2.30. The number of ether oxygens (including phenoxy) is 2. The van der Waals surface area contributed by atoms with Gasteiger partial charge in [0, 0.05) is 31.5 Å². The molecule has 1 aromatic carbocycles. The quantitative estimate of drug-likeness (QED) is 0.563. The maximum Gasteiger partial charge on any atom is 0.250 e. The highest BCUT2D eigenvalue weighted by molar-refractivity contribution is 7.89. The van der Waals surface area contributed by atoms with Gasteiger partial charge in [0.05, 0.1) is 25.7 Å². The third-order valence-electron chi connectivity index (χ3n) is 5.19. The van der Waals surface area contributed by atoms with Crippen LogP contribution in [-0.4, -0.2) is 60.2 Å². The van der Waals surface area contributed by atoms with Gasteiger partial charge < -0.3 is 13.9 Å². The number of hydrogen-bond acceptors (Lipinski definition) is 9. The van der Waals surface area contributed by atoms with E-state index in [-0.39, 0.29) is 23.1 Å². The van der Waals surface area contributed by atoms with Crippen molar-refractivity contribution < 1.29 is 22.3 Å². The first-order valence-electron chi connectivity index (χ1n) is 9.77. The molecule has 2 aromatic heterocycles. The summed E-state index contributed by atoms with van der Waals surface area (Å²) in [5.41, 5.74) is 0.616. The Bertz CT molecular complexity index is 1160. The number of aromatic nitrogens is 4. The summed E-state index contributed by atoms with van der Waals surface area (Å²) in [6, 6.07) is 4.71. The normalized spacial score (nSPS) is 17.5. The summed E-state index contributed by atoms with van der Waals surface area (Å²) in [6.07, 6.45) is 4.65. The molecule has 0 aliphatic carbocycles. The van der Waals surface area contributed by atoms with E-state index in [1.807, 2.05) is 0 Å². The zero-order valence-corrected chi connectivity index (χ0v) is 18.3. The van der Waals surface area contributed by atoms with E-state index in [1.54, 1.807) is 31.5 Å². The van der Waals surface area contributed by atoms with Gasteiger partial charge in [-0.3, -0.25) is 0 Å². The molecule has 0 unspecified atom stereocenters. The smallest absolute Gasteiger partial charge is 0.250 e. The number of piperidine rings is 1. The summed E-state index contributed by atoms with van der Waals surface area (Å²) >= 11 is 0. The van der Waals surface area contributed by atoms with Crippen molar-refractivity contribution in [2.45, 2.75) is 30.6 Å². The van der Waals surface area contributed by atoms with Crippen LogP contribution in [0.25, 0.3) is 11.5 Å². The second-order valence-electron chi connectivity index (χ2n) is 7.18. The molecule has 0 N–H and O–H groups in total. The van der Waals surface area contributed by atoms with Crippen LogP contribution in [0.2, 0.25) is 0 Å². The number of nitrogens with zero attached hydrogens (tertiary/aromatic N) is 5. The lowest BCUT2D eigenvalue weighted by atomic mass is 10.00. The van der Waals surface area contributed by atoms with Crippen LogP contribution in [-0.2, 0) is 10.0 Å². The Balaban J connectivity index is 1.58. The SMILES string of the molecule is COc1ccc(OC)c(S(=O)(=O)N2CCC[C@H](c3nnc(-c4cnc(C)nc4)o3)C2)c1. The van der Waals surface area contributed by atoms with Gasteiger partial charge in [0.1, 0.15) is 22.2 Å². The Morgan fingerprint density at radius 1 is 1.13 bits per heavy atom. The van der Waals surface area contributed by atoms with Gasteiger partial charge in [-0.2, -0.15) is 4.31 Å². The van der Waals surface area contributed by atoms with E-state index < -0.39 is 10.0 Å². The second-order valence-corrected chi connectivity index (χ2v) is 9.09. The predicted octanol–water partition coefficient (Wildman–Crippen LogP) is 2.42. The molecule has 0 amide bonds. The fourth-order valence-electron chi connectivity index (χ4n) is 3.51. The summed E-state index contributed by atoms with van der Waals surface area (Å²) in [5, 5.41) is 8.24. The van der Waals surface area contributed by atoms with Gasteiger partial charge in [-0.1, -0.05) is 0 Å². The highest BCUT2D eigenvalue weighted by Crippen LogP contribution is 2.35. The lowest BCUT2D eigenvalue weighted by molar-refractivity contribution is 0.285. The molecule has 0 radical (unpaired) electrons. The van der Waals surface area contributed by atoms with Crippen LogP contribution >= 0.6 is 0 Å². The molecule has 164 valence electrons. The van der Waals surface area contributed by atoms with Crippen molar-refractivity contribution in [2.24, 2.45) is 0 Å². The number of sulfonamides is 1. The number of hydrogen-bond donors (Lipinski definition) is 0. The topological polar surface area (TPSA) is 121 Å². The predicted molar refractivity (Wildman–Crippen MR) is 110 cm³/mol. The summed E-state index contributed by atoms with van der Waals surface area (Å²) in [4.78, 5) is 8.34. The molecule has 0 bridgehead atoms. The molecular formula is C20H23N5O5S. The zero-order valence-electron chi connectivity index (χ0n) is 17.5. The fourth-order valence-corrected chi connectivity index (χ4v) is 5.20. The zero-order chi connectivity index (χ0) is 22.0. The van der Waals surface area contributed by atoms with Crippen molar-refractivity contribution in [2.75, 3.05) is 27.3 Å². The van der Waals surface area contributed by atoms with Crippen LogP contribution < -0.4 is 9.47 Å². The third kappa shape index (κ3) is 4.23. The van der Waals surface area contributed by atoms with E-state index in [0.29, 0.717) is 41.9 Å². The molecule has 0 spiro atoms. The van der Waals surface area contributed by atoms with E-state index in [0.717, 1.165) is 6.42 Å². The third-order valence-corrected chi connectivity index (χ3v) is 7.08. The number of aryl methyl sites for hydroxylation is 1. The summed E-state index contributed by atoms with van der Waals surface area (Å²) in [5.74, 6) is 1.84. The Kier molecular flexibility index (Phi) is 5.88. The van der Waals surface area contributed by atoms with Gasteiger partial charge in [0.2, 0.25) is 15.9 Å². The van der Waals surface area contributed by atoms with Gasteiger partial charge in [0.15, 0.2) is 0 Å². The van der Waals surface area contributed by atoms with Crippen molar-refractivity contribution in [3.63, 3.8) is 0 Å². The average Bonchev–Trinajstić information content (AvgIpc) is 3.29. The Hall–Kier alpha value is -3.05. The molecule has 1 aliphatic rings. The minimum Gasteiger partial charge on any atom is -0.497 e. The summed E-state index contributed by atoms with van der Waals surface area (Å²) in [6.45, 7) is 2.41. The Morgan fingerprint density at radius 3 is 2.61 bits per heavy atom. The fraction of sp³-hybridized carbons (Fsp3) is 0.400. The van der Waals surface area contributed by atoms with E-state index in [2.05, 4.69) is 20.2 Å². The van der Waals surface area contributed by atoms with Gasteiger partial charge in [0.25, 0.3) is 5.89 Å². The molecule has 11 heteroatoms. The van der Waals surface area contributed by atoms with Gasteiger partial charge in [-0.15, -0.1) is 10.2 Å².